The molecule has 0 saturated carbocycles. The third-order valence-electron chi connectivity index (χ3n) is 4.19. The summed E-state index contributed by atoms with van der Waals surface area (Å²) in [5.74, 6) is 0.870. The zero-order valence-electron chi connectivity index (χ0n) is 15.1. The van der Waals surface area contributed by atoms with Crippen LogP contribution in [0.1, 0.15) is 27.7 Å². The van der Waals surface area contributed by atoms with Gasteiger partial charge in [0.2, 0.25) is 15.9 Å². The number of hydrogen-bond donors (Lipinski definition) is 1. The molecule has 0 radical (unpaired) electrons. The van der Waals surface area contributed by atoms with E-state index in [1.807, 2.05) is 20.8 Å². The van der Waals surface area contributed by atoms with Gasteiger partial charge in [-0.2, -0.15) is 0 Å². The van der Waals surface area contributed by atoms with Crippen molar-refractivity contribution >= 4 is 21.6 Å². The summed E-state index contributed by atoms with van der Waals surface area (Å²) < 4.78 is 37.1. The fourth-order valence-corrected chi connectivity index (χ4v) is 3.35. The summed E-state index contributed by atoms with van der Waals surface area (Å²) in [4.78, 5) is 12.3. The summed E-state index contributed by atoms with van der Waals surface area (Å²) in [6, 6.07) is 4.84. The Labute approximate surface area is 149 Å². The van der Waals surface area contributed by atoms with Crippen molar-refractivity contribution in [2.45, 2.75) is 33.7 Å². The van der Waals surface area contributed by atoms with Gasteiger partial charge >= 0.3 is 0 Å². The second kappa shape index (κ2) is 7.95. The van der Waals surface area contributed by atoms with Gasteiger partial charge in [-0.3, -0.25) is 9.10 Å². The van der Waals surface area contributed by atoms with Crippen molar-refractivity contribution in [3.63, 3.8) is 0 Å². The van der Waals surface area contributed by atoms with Gasteiger partial charge in [0.1, 0.15) is 19.8 Å². The van der Waals surface area contributed by atoms with Crippen LogP contribution in [0.5, 0.6) is 11.5 Å². The summed E-state index contributed by atoms with van der Waals surface area (Å²) in [5.41, 5.74) is 0.387. The number of carbonyl (C=O) groups excluding carboxylic acids is 1. The van der Waals surface area contributed by atoms with Gasteiger partial charge in [-0.1, -0.05) is 13.8 Å². The minimum Gasteiger partial charge on any atom is -0.486 e. The minimum absolute atomic E-state index is 0.0426. The first-order valence-corrected chi connectivity index (χ1v) is 10.0. The fourth-order valence-electron chi connectivity index (χ4n) is 2.29. The molecule has 0 spiro atoms. The summed E-state index contributed by atoms with van der Waals surface area (Å²) in [5, 5.41) is 2.84. The van der Waals surface area contributed by atoms with Crippen LogP contribution >= 0.6 is 0 Å². The number of anilines is 1. The van der Waals surface area contributed by atoms with Crippen molar-refractivity contribution in [2.75, 3.05) is 29.8 Å². The molecule has 1 aromatic rings. The van der Waals surface area contributed by atoms with Crippen LogP contribution < -0.4 is 19.1 Å². The van der Waals surface area contributed by atoms with Crippen LogP contribution in [0.25, 0.3) is 0 Å². The van der Waals surface area contributed by atoms with Crippen LogP contribution in [0, 0.1) is 5.92 Å². The maximum atomic E-state index is 12.5. The topological polar surface area (TPSA) is 84.9 Å². The highest BCUT2D eigenvalue weighted by molar-refractivity contribution is 7.92. The van der Waals surface area contributed by atoms with E-state index in [1.165, 1.54) is 0 Å². The molecule has 8 heteroatoms. The Kier molecular flexibility index (Phi) is 6.16. The lowest BCUT2D eigenvalue weighted by Gasteiger charge is -2.26. The average Bonchev–Trinajstić information content (AvgIpc) is 2.59. The predicted octanol–water partition coefficient (Wildman–Crippen LogP) is 1.77. The Morgan fingerprint density at radius 1 is 1.20 bits per heavy atom. The molecule has 1 aliphatic heterocycles. The van der Waals surface area contributed by atoms with Crippen molar-refractivity contribution in [2.24, 2.45) is 5.92 Å². The molecule has 140 valence electrons. The molecule has 1 unspecified atom stereocenters. The zero-order valence-corrected chi connectivity index (χ0v) is 15.9. The van der Waals surface area contributed by atoms with E-state index in [-0.39, 0.29) is 30.2 Å². The molecular formula is C17H26N2O5S. The number of hydrogen-bond acceptors (Lipinski definition) is 5. The van der Waals surface area contributed by atoms with Crippen LogP contribution in [0.2, 0.25) is 0 Å². The van der Waals surface area contributed by atoms with Gasteiger partial charge in [0.05, 0.1) is 11.4 Å². The van der Waals surface area contributed by atoms with Crippen LogP contribution in [0.4, 0.5) is 5.69 Å². The standard InChI is InChI=1S/C17H26N2O5S/c1-5-25(21,22)19(11-17(20)18-13(4)12(2)3)14-6-7-15-16(10-14)24-9-8-23-15/h6-7,10,12-13H,5,8-9,11H2,1-4H3,(H,18,20). The largest absolute Gasteiger partial charge is 0.486 e. The van der Waals surface area contributed by atoms with Gasteiger partial charge in [0.15, 0.2) is 11.5 Å². The number of benzene rings is 1. The number of ether oxygens (including phenoxy) is 2. The Hall–Kier alpha value is -1.96. The van der Waals surface area contributed by atoms with Crippen LogP contribution in [-0.4, -0.2) is 45.9 Å². The zero-order chi connectivity index (χ0) is 18.6. The lowest BCUT2D eigenvalue weighted by Crippen LogP contribution is -2.45. The number of amides is 1. The maximum absolute atomic E-state index is 12.5. The second-order valence-corrected chi connectivity index (χ2v) is 8.52. The molecule has 1 amide bonds. The summed E-state index contributed by atoms with van der Waals surface area (Å²) >= 11 is 0. The average molecular weight is 370 g/mol. The molecule has 1 aromatic carbocycles. The van der Waals surface area contributed by atoms with Gasteiger partial charge < -0.3 is 14.8 Å². The molecule has 0 bridgehead atoms. The van der Waals surface area contributed by atoms with E-state index < -0.39 is 10.0 Å². The molecule has 0 fully saturated rings. The fraction of sp³-hybridized carbons (Fsp3) is 0.588. The monoisotopic (exact) mass is 370 g/mol. The molecule has 0 aliphatic carbocycles. The number of fused-ring (bicyclic) bond motifs is 1. The minimum atomic E-state index is -3.61. The van der Waals surface area contributed by atoms with Crippen molar-refractivity contribution in [3.8, 4) is 11.5 Å². The molecule has 1 N–H and O–H groups in total. The van der Waals surface area contributed by atoms with Crippen LogP contribution in [0.15, 0.2) is 18.2 Å². The van der Waals surface area contributed by atoms with E-state index in [2.05, 4.69) is 5.32 Å². The second-order valence-electron chi connectivity index (χ2n) is 6.34. The number of carbonyl (C=O) groups is 1. The van der Waals surface area contributed by atoms with E-state index in [9.17, 15) is 13.2 Å². The normalized spacial score (nSPS) is 14.9. The molecular weight excluding hydrogens is 344 g/mol. The van der Waals surface area contributed by atoms with E-state index in [4.69, 9.17) is 9.47 Å². The molecule has 1 aliphatic rings. The third-order valence-corrected chi connectivity index (χ3v) is 5.93. The van der Waals surface area contributed by atoms with Gasteiger partial charge in [-0.05, 0) is 31.9 Å². The molecule has 0 aromatic heterocycles. The predicted molar refractivity (Wildman–Crippen MR) is 96.7 cm³/mol. The van der Waals surface area contributed by atoms with E-state index in [0.717, 1.165) is 4.31 Å². The molecule has 25 heavy (non-hydrogen) atoms. The number of nitrogens with zero attached hydrogens (tertiary/aromatic N) is 1. The summed E-state index contributed by atoms with van der Waals surface area (Å²) in [6.45, 7) is 8.02. The number of rotatable bonds is 7. The van der Waals surface area contributed by atoms with Gasteiger partial charge in [0.25, 0.3) is 0 Å². The smallest absolute Gasteiger partial charge is 0.240 e. The molecule has 0 saturated heterocycles. The van der Waals surface area contributed by atoms with Crippen LogP contribution in [-0.2, 0) is 14.8 Å². The highest BCUT2D eigenvalue weighted by Gasteiger charge is 2.26. The molecule has 1 atom stereocenters. The Balaban J connectivity index is 2.26. The van der Waals surface area contributed by atoms with Crippen molar-refractivity contribution in [3.05, 3.63) is 18.2 Å². The third kappa shape index (κ3) is 4.78. The van der Waals surface area contributed by atoms with Gasteiger partial charge in [0, 0.05) is 12.1 Å². The van der Waals surface area contributed by atoms with Crippen molar-refractivity contribution < 1.29 is 22.7 Å². The first-order chi connectivity index (χ1) is 11.7. The lowest BCUT2D eigenvalue weighted by molar-refractivity contribution is -0.120. The number of nitrogens with one attached hydrogen (secondary N) is 1. The highest BCUT2D eigenvalue weighted by atomic mass is 32.2. The maximum Gasteiger partial charge on any atom is 0.240 e. The Bertz CT molecular complexity index is 718. The number of sulfonamides is 1. The van der Waals surface area contributed by atoms with Gasteiger partial charge in [-0.15, -0.1) is 0 Å². The lowest BCUT2D eigenvalue weighted by atomic mass is 10.1. The first-order valence-electron chi connectivity index (χ1n) is 8.44. The highest BCUT2D eigenvalue weighted by Crippen LogP contribution is 2.34. The quantitative estimate of drug-likeness (QED) is 0.791. The molecule has 2 rings (SSSR count). The van der Waals surface area contributed by atoms with Crippen molar-refractivity contribution in [1.82, 2.24) is 5.32 Å². The Morgan fingerprint density at radius 3 is 2.44 bits per heavy atom. The van der Waals surface area contributed by atoms with Crippen LogP contribution in [0.3, 0.4) is 0 Å². The van der Waals surface area contributed by atoms with Gasteiger partial charge in [-0.25, -0.2) is 8.42 Å². The van der Waals surface area contributed by atoms with E-state index in [1.54, 1.807) is 25.1 Å². The molecule has 1 heterocycles. The first kappa shape index (κ1) is 19.4. The SMILES string of the molecule is CCS(=O)(=O)N(CC(=O)NC(C)C(C)C)c1ccc2c(c1)OCCO2. The summed E-state index contributed by atoms with van der Waals surface area (Å²) in [7, 11) is -3.61. The van der Waals surface area contributed by atoms with E-state index in [0.29, 0.717) is 30.4 Å². The van der Waals surface area contributed by atoms with E-state index >= 15 is 0 Å². The molecule has 7 nitrogen and oxygen atoms in total. The summed E-state index contributed by atoms with van der Waals surface area (Å²) in [6.07, 6.45) is 0. The van der Waals surface area contributed by atoms with Crippen molar-refractivity contribution in [1.29, 1.82) is 0 Å². The Morgan fingerprint density at radius 2 is 1.84 bits per heavy atom.